The van der Waals surface area contributed by atoms with Crippen LogP contribution in [0, 0.1) is 5.92 Å². The van der Waals surface area contributed by atoms with E-state index in [0.29, 0.717) is 19.8 Å². The molecular weight excluding hydrogens is 288 g/mol. The number of carbonyl (C=O) groups excluding carboxylic acids is 2. The third kappa shape index (κ3) is 7.29. The van der Waals surface area contributed by atoms with Crippen molar-refractivity contribution in [1.29, 1.82) is 0 Å². The van der Waals surface area contributed by atoms with Crippen LogP contribution in [0.3, 0.4) is 0 Å². The van der Waals surface area contributed by atoms with Crippen molar-refractivity contribution in [1.82, 2.24) is 0 Å². The van der Waals surface area contributed by atoms with E-state index in [1.165, 1.54) is 6.92 Å². The molecule has 0 saturated heterocycles. The van der Waals surface area contributed by atoms with Crippen molar-refractivity contribution in [2.45, 2.75) is 25.7 Å². The number of carbonyl (C=O) groups is 2. The lowest BCUT2D eigenvalue weighted by Crippen LogP contribution is -2.09. The minimum absolute atomic E-state index is 0.0223. The van der Waals surface area contributed by atoms with Crippen LogP contribution in [0.25, 0.3) is 0 Å². The number of rotatable bonds is 9. The predicted octanol–water partition coefficient (Wildman–Crippen LogP) is 3.20. The molecule has 0 atom stereocenters. The Morgan fingerprint density at radius 1 is 1.10 bits per heavy atom. The number of hydrogen-bond acceptors (Lipinski definition) is 5. The lowest BCUT2D eigenvalue weighted by Gasteiger charge is -2.06. The Hall–Kier alpha value is -1.33. The third-order valence-corrected chi connectivity index (χ3v) is 3.67. The lowest BCUT2D eigenvalue weighted by molar-refractivity contribution is -0.142. The van der Waals surface area contributed by atoms with E-state index in [9.17, 15) is 9.59 Å². The van der Waals surface area contributed by atoms with Gasteiger partial charge in [0.25, 0.3) is 0 Å². The highest BCUT2D eigenvalue weighted by Crippen LogP contribution is 2.19. The van der Waals surface area contributed by atoms with Crippen LogP contribution in [0.4, 0.5) is 0 Å². The van der Waals surface area contributed by atoms with Gasteiger partial charge in [-0.05, 0) is 12.1 Å². The average Bonchev–Trinajstić information content (AvgIpc) is 2.45. The summed E-state index contributed by atoms with van der Waals surface area (Å²) in [6.45, 7) is 6.49. The second-order valence-electron chi connectivity index (χ2n) is 4.84. The van der Waals surface area contributed by atoms with E-state index in [-0.39, 0.29) is 17.7 Å². The minimum Gasteiger partial charge on any atom is -0.463 e. The third-order valence-electron chi connectivity index (χ3n) is 2.69. The topological polar surface area (TPSA) is 52.6 Å². The maximum Gasteiger partial charge on any atom is 0.302 e. The highest BCUT2D eigenvalue weighted by atomic mass is 32.2. The zero-order valence-electron chi connectivity index (χ0n) is 12.8. The summed E-state index contributed by atoms with van der Waals surface area (Å²) >= 11 is 1.67. The number of hydrogen-bond donors (Lipinski definition) is 0. The first-order chi connectivity index (χ1) is 10.0. The fourth-order valence-corrected chi connectivity index (χ4v) is 2.38. The quantitative estimate of drug-likeness (QED) is 0.303. The van der Waals surface area contributed by atoms with Crippen LogP contribution in [0.2, 0.25) is 0 Å². The zero-order chi connectivity index (χ0) is 15.7. The highest BCUT2D eigenvalue weighted by molar-refractivity contribution is 7.99. The van der Waals surface area contributed by atoms with E-state index in [1.54, 1.807) is 11.8 Å². The SMILES string of the molecule is CC(=O)OCCOCCSc1ccc(C(=O)C(C)C)cc1. The molecule has 0 unspecified atom stereocenters. The summed E-state index contributed by atoms with van der Waals surface area (Å²) in [5, 5.41) is 0. The summed E-state index contributed by atoms with van der Waals surface area (Å²) in [6, 6.07) is 7.65. The van der Waals surface area contributed by atoms with Crippen LogP contribution < -0.4 is 0 Å². The average molecular weight is 310 g/mol. The van der Waals surface area contributed by atoms with Crippen molar-refractivity contribution in [3.63, 3.8) is 0 Å². The van der Waals surface area contributed by atoms with E-state index in [4.69, 9.17) is 9.47 Å². The Morgan fingerprint density at radius 3 is 2.33 bits per heavy atom. The first-order valence-corrected chi connectivity index (χ1v) is 7.97. The highest BCUT2D eigenvalue weighted by Gasteiger charge is 2.09. The number of ether oxygens (including phenoxy) is 2. The molecule has 0 spiro atoms. The van der Waals surface area contributed by atoms with E-state index in [0.717, 1.165) is 16.2 Å². The summed E-state index contributed by atoms with van der Waals surface area (Å²) < 4.78 is 10.1. The normalized spacial score (nSPS) is 10.7. The molecule has 4 nitrogen and oxygen atoms in total. The first kappa shape index (κ1) is 17.7. The fourth-order valence-electron chi connectivity index (χ4n) is 1.61. The summed E-state index contributed by atoms with van der Waals surface area (Å²) in [5.74, 6) is 0.718. The molecule has 1 aromatic carbocycles. The standard InChI is InChI=1S/C16H22O4S/c1-12(2)16(18)14-4-6-15(7-5-14)21-11-10-19-8-9-20-13(3)17/h4-7,12H,8-11H2,1-3H3. The molecule has 116 valence electrons. The van der Waals surface area contributed by atoms with Crippen LogP contribution in [0.5, 0.6) is 0 Å². The molecule has 0 aliphatic rings. The van der Waals surface area contributed by atoms with Crippen LogP contribution in [0.1, 0.15) is 31.1 Å². The van der Waals surface area contributed by atoms with Crippen molar-refractivity contribution in [3.8, 4) is 0 Å². The number of benzene rings is 1. The molecule has 0 heterocycles. The van der Waals surface area contributed by atoms with Crippen molar-refractivity contribution in [2.75, 3.05) is 25.6 Å². The molecule has 21 heavy (non-hydrogen) atoms. The summed E-state index contributed by atoms with van der Waals surface area (Å²) in [6.07, 6.45) is 0. The molecule has 0 fully saturated rings. The van der Waals surface area contributed by atoms with Gasteiger partial charge in [0, 0.05) is 29.1 Å². The Labute approximate surface area is 130 Å². The molecule has 1 rings (SSSR count). The van der Waals surface area contributed by atoms with Crippen molar-refractivity contribution in [2.24, 2.45) is 5.92 Å². The van der Waals surface area contributed by atoms with Crippen molar-refractivity contribution < 1.29 is 19.1 Å². The molecule has 0 bridgehead atoms. The van der Waals surface area contributed by atoms with E-state index in [2.05, 4.69) is 0 Å². The molecule has 0 N–H and O–H groups in total. The van der Waals surface area contributed by atoms with Gasteiger partial charge in [-0.2, -0.15) is 0 Å². The molecule has 0 radical (unpaired) electrons. The largest absolute Gasteiger partial charge is 0.463 e. The van der Waals surface area contributed by atoms with Gasteiger partial charge in [-0.1, -0.05) is 26.0 Å². The van der Waals surface area contributed by atoms with Gasteiger partial charge in [-0.3, -0.25) is 9.59 Å². The van der Waals surface area contributed by atoms with Gasteiger partial charge in [-0.15, -0.1) is 11.8 Å². The van der Waals surface area contributed by atoms with Gasteiger partial charge in [0.15, 0.2) is 5.78 Å². The number of Topliss-reactive ketones (excluding diaryl/α,β-unsaturated/α-hetero) is 1. The smallest absolute Gasteiger partial charge is 0.302 e. The molecule has 5 heteroatoms. The van der Waals surface area contributed by atoms with E-state index < -0.39 is 0 Å². The Kier molecular flexibility index (Phi) is 8.08. The second-order valence-corrected chi connectivity index (χ2v) is 6.01. The number of ketones is 1. The predicted molar refractivity (Wildman–Crippen MR) is 83.8 cm³/mol. The van der Waals surface area contributed by atoms with Crippen LogP contribution in [-0.2, 0) is 14.3 Å². The Balaban J connectivity index is 2.21. The Morgan fingerprint density at radius 2 is 1.76 bits per heavy atom. The van der Waals surface area contributed by atoms with Gasteiger partial charge < -0.3 is 9.47 Å². The van der Waals surface area contributed by atoms with Crippen molar-refractivity contribution in [3.05, 3.63) is 29.8 Å². The molecule has 1 aromatic rings. The zero-order valence-corrected chi connectivity index (χ0v) is 13.6. The summed E-state index contributed by atoms with van der Waals surface area (Å²) in [4.78, 5) is 23.4. The molecule has 0 amide bonds. The molecular formula is C16H22O4S. The minimum atomic E-state index is -0.288. The molecule has 0 aromatic heterocycles. The van der Waals surface area contributed by atoms with E-state index >= 15 is 0 Å². The van der Waals surface area contributed by atoms with Gasteiger partial charge in [-0.25, -0.2) is 0 Å². The van der Waals surface area contributed by atoms with Crippen molar-refractivity contribution >= 4 is 23.5 Å². The number of esters is 1. The maximum absolute atomic E-state index is 11.8. The second kappa shape index (κ2) is 9.58. The van der Waals surface area contributed by atoms with Crippen LogP contribution >= 0.6 is 11.8 Å². The monoisotopic (exact) mass is 310 g/mol. The van der Waals surface area contributed by atoms with Gasteiger partial charge in [0.05, 0.1) is 13.2 Å². The van der Waals surface area contributed by atoms with Crippen LogP contribution in [-0.4, -0.2) is 37.3 Å². The molecule has 0 aliphatic heterocycles. The Bertz CT molecular complexity index is 454. The summed E-state index contributed by atoms with van der Waals surface area (Å²) in [5.41, 5.74) is 0.756. The maximum atomic E-state index is 11.8. The number of thioether (sulfide) groups is 1. The van der Waals surface area contributed by atoms with E-state index in [1.807, 2.05) is 38.1 Å². The summed E-state index contributed by atoms with van der Waals surface area (Å²) in [7, 11) is 0. The van der Waals surface area contributed by atoms with Crippen LogP contribution in [0.15, 0.2) is 29.2 Å². The first-order valence-electron chi connectivity index (χ1n) is 6.99. The lowest BCUT2D eigenvalue weighted by atomic mass is 10.0. The van der Waals surface area contributed by atoms with Gasteiger partial charge >= 0.3 is 5.97 Å². The molecule has 0 aliphatic carbocycles. The molecule has 0 saturated carbocycles. The van der Waals surface area contributed by atoms with Gasteiger partial charge in [0.2, 0.25) is 0 Å². The fraction of sp³-hybridized carbons (Fsp3) is 0.500. The van der Waals surface area contributed by atoms with Gasteiger partial charge in [0.1, 0.15) is 6.61 Å².